The Morgan fingerprint density at radius 3 is 2.75 bits per heavy atom. The van der Waals surface area contributed by atoms with Crippen LogP contribution in [0, 0.1) is 6.92 Å². The van der Waals surface area contributed by atoms with E-state index in [9.17, 15) is 4.79 Å². The largest absolute Gasteiger partial charge is 0.478 e. The Balaban J connectivity index is 2.12. The number of carboxylic acid groups (broad SMARTS) is 1. The second-order valence-corrected chi connectivity index (χ2v) is 5.72. The fourth-order valence-electron chi connectivity index (χ4n) is 1.96. The van der Waals surface area contributed by atoms with Crippen LogP contribution in [-0.4, -0.2) is 20.9 Å². The average Bonchev–Trinajstić information content (AvgIpc) is 2.78. The molecule has 0 saturated heterocycles. The van der Waals surface area contributed by atoms with Crippen molar-refractivity contribution in [3.63, 3.8) is 0 Å². The van der Waals surface area contributed by atoms with Crippen LogP contribution in [0.5, 0.6) is 0 Å². The summed E-state index contributed by atoms with van der Waals surface area (Å²) in [6.45, 7) is 3.89. The highest BCUT2D eigenvalue weighted by molar-refractivity contribution is 7.98. The lowest BCUT2D eigenvalue weighted by Gasteiger charge is -2.05. The van der Waals surface area contributed by atoms with Crippen LogP contribution in [0.1, 0.15) is 34.2 Å². The van der Waals surface area contributed by atoms with Gasteiger partial charge in [0.15, 0.2) is 0 Å². The van der Waals surface area contributed by atoms with E-state index in [1.165, 1.54) is 0 Å². The van der Waals surface area contributed by atoms with Crippen LogP contribution in [0.3, 0.4) is 0 Å². The molecule has 0 saturated carbocycles. The maximum atomic E-state index is 11.1. The van der Waals surface area contributed by atoms with Gasteiger partial charge in [-0.25, -0.2) is 4.79 Å². The van der Waals surface area contributed by atoms with Gasteiger partial charge in [0, 0.05) is 23.4 Å². The van der Waals surface area contributed by atoms with Crippen LogP contribution in [0.25, 0.3) is 0 Å². The van der Waals surface area contributed by atoms with Gasteiger partial charge in [-0.05, 0) is 37.1 Å². The smallest absolute Gasteiger partial charge is 0.335 e. The van der Waals surface area contributed by atoms with Gasteiger partial charge in [-0.1, -0.05) is 13.0 Å². The molecule has 0 aliphatic heterocycles. The Hall–Kier alpha value is -1.75. The number of nitrogens with zero attached hydrogens (tertiary/aromatic N) is 2. The Kier molecular flexibility index (Phi) is 4.49. The van der Waals surface area contributed by atoms with Crippen molar-refractivity contribution < 1.29 is 9.90 Å². The van der Waals surface area contributed by atoms with E-state index in [1.54, 1.807) is 17.8 Å². The minimum atomic E-state index is -0.876. The van der Waals surface area contributed by atoms with Crippen molar-refractivity contribution >= 4 is 17.7 Å². The number of hydrogen-bond donors (Lipinski definition) is 1. The van der Waals surface area contributed by atoms with E-state index in [-0.39, 0.29) is 0 Å². The first kappa shape index (κ1) is 14.7. The monoisotopic (exact) mass is 290 g/mol. The zero-order chi connectivity index (χ0) is 14.7. The van der Waals surface area contributed by atoms with Crippen molar-refractivity contribution in [1.82, 2.24) is 9.78 Å². The maximum Gasteiger partial charge on any atom is 0.335 e. The molecule has 1 aromatic carbocycles. The van der Waals surface area contributed by atoms with Crippen molar-refractivity contribution in [1.29, 1.82) is 0 Å². The highest BCUT2D eigenvalue weighted by Crippen LogP contribution is 2.25. The van der Waals surface area contributed by atoms with Crippen LogP contribution >= 0.6 is 11.8 Å². The second kappa shape index (κ2) is 6.13. The van der Waals surface area contributed by atoms with Crippen LogP contribution in [0.4, 0.5) is 0 Å². The molecule has 0 aliphatic carbocycles. The third-order valence-electron chi connectivity index (χ3n) is 3.22. The summed E-state index contributed by atoms with van der Waals surface area (Å²) in [7, 11) is 1.94. The molecule has 5 heteroatoms. The number of thioether (sulfide) groups is 1. The molecule has 0 aliphatic rings. The molecule has 1 N–H and O–H groups in total. The van der Waals surface area contributed by atoms with Crippen LogP contribution in [0.2, 0.25) is 0 Å². The highest BCUT2D eigenvalue weighted by Gasteiger charge is 2.09. The van der Waals surface area contributed by atoms with Gasteiger partial charge in [-0.15, -0.1) is 11.8 Å². The molecule has 0 bridgehead atoms. The summed E-state index contributed by atoms with van der Waals surface area (Å²) in [5.74, 6) is -0.0928. The second-order valence-electron chi connectivity index (χ2n) is 4.67. The van der Waals surface area contributed by atoms with E-state index in [2.05, 4.69) is 18.1 Å². The molecule has 2 aromatic rings. The summed E-state index contributed by atoms with van der Waals surface area (Å²) in [5.41, 5.74) is 3.38. The molecule has 0 unspecified atom stereocenters. The van der Waals surface area contributed by atoms with Crippen molar-refractivity contribution in [3.05, 3.63) is 46.8 Å². The minimum absolute atomic E-state index is 0.370. The lowest BCUT2D eigenvalue weighted by molar-refractivity contribution is 0.0696. The normalized spacial score (nSPS) is 10.8. The molecule has 0 fully saturated rings. The third kappa shape index (κ3) is 3.22. The molecule has 1 aromatic heterocycles. The topological polar surface area (TPSA) is 55.1 Å². The molecule has 1 heterocycles. The molecule has 2 rings (SSSR count). The summed E-state index contributed by atoms with van der Waals surface area (Å²) in [6.07, 6.45) is 0.923. The number of benzene rings is 1. The third-order valence-corrected chi connectivity index (χ3v) is 4.24. The maximum absolute atomic E-state index is 11.1. The standard InChI is InChI=1S/C15H18N2O2S/c1-4-11-7-12(17(3)16-11)9-20-13-6-5-10(2)14(8-13)15(18)19/h5-8H,4,9H2,1-3H3,(H,18,19). The molecule has 0 atom stereocenters. The molecule has 4 nitrogen and oxygen atoms in total. The first-order valence-corrected chi connectivity index (χ1v) is 7.48. The first-order chi connectivity index (χ1) is 9.51. The fourth-order valence-corrected chi connectivity index (χ4v) is 2.91. The zero-order valence-corrected chi connectivity index (χ0v) is 12.7. The summed E-state index contributed by atoms with van der Waals surface area (Å²) in [6, 6.07) is 7.65. The summed E-state index contributed by atoms with van der Waals surface area (Å²) in [4.78, 5) is 12.1. The van der Waals surface area contributed by atoms with E-state index in [1.807, 2.05) is 30.8 Å². The Morgan fingerprint density at radius 2 is 2.15 bits per heavy atom. The van der Waals surface area contributed by atoms with Gasteiger partial charge in [0.05, 0.1) is 11.3 Å². The minimum Gasteiger partial charge on any atom is -0.478 e. The van der Waals surface area contributed by atoms with Gasteiger partial charge >= 0.3 is 5.97 Å². The Labute approximate surface area is 122 Å². The van der Waals surface area contributed by atoms with Crippen molar-refractivity contribution in [3.8, 4) is 0 Å². The van der Waals surface area contributed by atoms with Crippen molar-refractivity contribution in [2.45, 2.75) is 30.9 Å². The quantitative estimate of drug-likeness (QED) is 0.859. The van der Waals surface area contributed by atoms with Gasteiger partial charge in [0.1, 0.15) is 0 Å². The summed E-state index contributed by atoms with van der Waals surface area (Å²) in [5, 5.41) is 13.5. The number of carboxylic acids is 1. The van der Waals surface area contributed by atoms with Crippen LogP contribution in [0.15, 0.2) is 29.2 Å². The molecule has 20 heavy (non-hydrogen) atoms. The molecule has 106 valence electrons. The van der Waals surface area contributed by atoms with Crippen molar-refractivity contribution in [2.24, 2.45) is 7.05 Å². The van der Waals surface area contributed by atoms with Gasteiger partial charge < -0.3 is 5.11 Å². The van der Waals surface area contributed by atoms with Crippen molar-refractivity contribution in [2.75, 3.05) is 0 Å². The zero-order valence-electron chi connectivity index (χ0n) is 11.9. The Bertz CT molecular complexity index is 635. The van der Waals surface area contributed by atoms with E-state index in [0.29, 0.717) is 5.56 Å². The molecular formula is C15H18N2O2S. The SMILES string of the molecule is CCc1cc(CSc2ccc(C)c(C(=O)O)c2)n(C)n1. The predicted molar refractivity (Wildman–Crippen MR) is 80.3 cm³/mol. The Morgan fingerprint density at radius 1 is 1.40 bits per heavy atom. The number of aryl methyl sites for hydroxylation is 3. The van der Waals surface area contributed by atoms with Gasteiger partial charge in [0.2, 0.25) is 0 Å². The van der Waals surface area contributed by atoms with Gasteiger partial charge in [0.25, 0.3) is 0 Å². The predicted octanol–water partition coefficient (Wildman–Crippen LogP) is 3.28. The van der Waals surface area contributed by atoms with E-state index in [0.717, 1.165) is 34.0 Å². The number of aromatic carboxylic acids is 1. The number of rotatable bonds is 5. The molecule has 0 amide bonds. The molecular weight excluding hydrogens is 272 g/mol. The molecule has 0 radical (unpaired) electrons. The van der Waals surface area contributed by atoms with Gasteiger partial charge in [-0.2, -0.15) is 5.10 Å². The van der Waals surface area contributed by atoms with E-state index >= 15 is 0 Å². The number of aromatic nitrogens is 2. The van der Waals surface area contributed by atoms with E-state index in [4.69, 9.17) is 5.11 Å². The summed E-state index contributed by atoms with van der Waals surface area (Å²) < 4.78 is 1.89. The number of carbonyl (C=O) groups is 1. The number of hydrogen-bond acceptors (Lipinski definition) is 3. The van der Waals surface area contributed by atoms with Gasteiger partial charge in [-0.3, -0.25) is 4.68 Å². The summed E-state index contributed by atoms with van der Waals surface area (Å²) >= 11 is 1.63. The van der Waals surface area contributed by atoms with Crippen LogP contribution < -0.4 is 0 Å². The average molecular weight is 290 g/mol. The fraction of sp³-hybridized carbons (Fsp3) is 0.333. The molecule has 0 spiro atoms. The lowest BCUT2D eigenvalue weighted by Crippen LogP contribution is -2.00. The lowest BCUT2D eigenvalue weighted by atomic mass is 10.1. The van der Waals surface area contributed by atoms with E-state index < -0.39 is 5.97 Å². The van der Waals surface area contributed by atoms with Crippen LogP contribution in [-0.2, 0) is 19.2 Å². The highest BCUT2D eigenvalue weighted by atomic mass is 32.2. The first-order valence-electron chi connectivity index (χ1n) is 6.49.